The van der Waals surface area contributed by atoms with Crippen LogP contribution in [0.1, 0.15) is 6.92 Å². The second-order valence-corrected chi connectivity index (χ2v) is 6.69. The van der Waals surface area contributed by atoms with Gasteiger partial charge in [0.05, 0.1) is 10.2 Å². The van der Waals surface area contributed by atoms with Gasteiger partial charge in [-0.25, -0.2) is 4.98 Å². The van der Waals surface area contributed by atoms with E-state index in [9.17, 15) is 4.79 Å². The van der Waals surface area contributed by atoms with E-state index < -0.39 is 0 Å². The molecule has 0 spiro atoms. The summed E-state index contributed by atoms with van der Waals surface area (Å²) in [5.41, 5.74) is 1.67. The van der Waals surface area contributed by atoms with E-state index in [1.807, 2.05) is 31.4 Å². The molecule has 0 aliphatic rings. The molecule has 0 radical (unpaired) electrons. The van der Waals surface area contributed by atoms with Gasteiger partial charge in [-0.15, -0.1) is 24.0 Å². The molecular formula is C12H14N2OS3. The monoisotopic (exact) mass is 298 g/mol. The molecule has 1 N–H and O–H groups in total. The Morgan fingerprint density at radius 3 is 3.11 bits per heavy atom. The Kier molecular flexibility index (Phi) is 4.53. The summed E-state index contributed by atoms with van der Waals surface area (Å²) in [6.07, 6.45) is 2.00. The van der Waals surface area contributed by atoms with Crippen molar-refractivity contribution in [1.29, 1.82) is 0 Å². The van der Waals surface area contributed by atoms with E-state index in [1.54, 1.807) is 11.8 Å². The van der Waals surface area contributed by atoms with E-state index in [-0.39, 0.29) is 11.8 Å². The predicted octanol–water partition coefficient (Wildman–Crippen LogP) is 3.52. The molecule has 3 nitrogen and oxygen atoms in total. The van der Waals surface area contributed by atoms with Crippen molar-refractivity contribution < 1.29 is 4.79 Å². The minimum Gasteiger partial charge on any atom is -0.326 e. The predicted molar refractivity (Wildman–Crippen MR) is 83.0 cm³/mol. The first-order valence-corrected chi connectivity index (χ1v) is 8.15. The summed E-state index contributed by atoms with van der Waals surface area (Å²) in [6.45, 7) is 1.93. The number of thiol groups is 1. The van der Waals surface area contributed by atoms with Crippen molar-refractivity contribution in [1.82, 2.24) is 4.98 Å². The van der Waals surface area contributed by atoms with E-state index in [4.69, 9.17) is 0 Å². The van der Waals surface area contributed by atoms with E-state index in [0.717, 1.165) is 26.0 Å². The van der Waals surface area contributed by atoms with Gasteiger partial charge in [0.2, 0.25) is 5.91 Å². The molecule has 1 aromatic heterocycles. The number of fused-ring (bicyclic) bond motifs is 1. The van der Waals surface area contributed by atoms with Crippen LogP contribution in [0.15, 0.2) is 22.5 Å². The number of carbonyl (C=O) groups is 1. The number of thioether (sulfide) groups is 1. The van der Waals surface area contributed by atoms with Crippen LogP contribution < -0.4 is 5.32 Å². The number of nitrogens with one attached hydrogen (secondary N) is 1. The summed E-state index contributed by atoms with van der Waals surface area (Å²) in [6, 6.07) is 5.74. The van der Waals surface area contributed by atoms with Crippen LogP contribution in [0, 0.1) is 5.92 Å². The summed E-state index contributed by atoms with van der Waals surface area (Å²) >= 11 is 7.43. The fourth-order valence-electron chi connectivity index (χ4n) is 1.58. The highest BCUT2D eigenvalue weighted by Crippen LogP contribution is 2.26. The van der Waals surface area contributed by atoms with E-state index in [2.05, 4.69) is 22.9 Å². The number of hydrogen-bond donors (Lipinski definition) is 2. The fraction of sp³-hybridized carbons (Fsp3) is 0.333. The van der Waals surface area contributed by atoms with Crippen molar-refractivity contribution in [2.75, 3.05) is 17.3 Å². The maximum Gasteiger partial charge on any atom is 0.228 e. The van der Waals surface area contributed by atoms with Crippen LogP contribution in [-0.2, 0) is 4.79 Å². The van der Waals surface area contributed by atoms with Gasteiger partial charge in [0.1, 0.15) is 4.34 Å². The topological polar surface area (TPSA) is 42.0 Å². The van der Waals surface area contributed by atoms with Gasteiger partial charge in [-0.05, 0) is 24.5 Å². The molecular weight excluding hydrogens is 284 g/mol. The van der Waals surface area contributed by atoms with E-state index in [1.165, 1.54) is 11.3 Å². The molecule has 1 aromatic carbocycles. The quantitative estimate of drug-likeness (QED) is 0.849. The van der Waals surface area contributed by atoms with Gasteiger partial charge in [0.15, 0.2) is 0 Å². The lowest BCUT2D eigenvalue weighted by molar-refractivity contribution is -0.118. The number of anilines is 1. The van der Waals surface area contributed by atoms with Crippen molar-refractivity contribution in [2.45, 2.75) is 11.3 Å². The van der Waals surface area contributed by atoms with Crippen molar-refractivity contribution in [3.05, 3.63) is 18.2 Å². The molecule has 1 unspecified atom stereocenters. The standard InChI is InChI=1S/C12H14N2OS3/c1-7(6-17-2)11(15)13-8-3-4-10-9(5-8)14-12(16)18-10/h3-5,7H,6H2,1-2H3,(H,13,15)(H,14,16). The highest BCUT2D eigenvalue weighted by Gasteiger charge is 2.12. The molecule has 2 aromatic rings. The molecule has 1 heterocycles. The highest BCUT2D eigenvalue weighted by molar-refractivity contribution is 7.98. The first kappa shape index (κ1) is 13.7. The number of aromatic nitrogens is 1. The SMILES string of the molecule is CSCC(C)C(=O)Nc1ccc2sc(S)nc2c1. The zero-order chi connectivity index (χ0) is 13.1. The van der Waals surface area contributed by atoms with Crippen molar-refractivity contribution in [2.24, 2.45) is 5.92 Å². The lowest BCUT2D eigenvalue weighted by atomic mass is 10.2. The lowest BCUT2D eigenvalue weighted by Crippen LogP contribution is -2.21. The Hall–Kier alpha value is -0.720. The normalized spacial score (nSPS) is 12.6. The number of thiazole rings is 1. The number of benzene rings is 1. The van der Waals surface area contributed by atoms with Gasteiger partial charge >= 0.3 is 0 Å². The molecule has 0 fully saturated rings. The van der Waals surface area contributed by atoms with Crippen LogP contribution in [0.4, 0.5) is 5.69 Å². The average Bonchev–Trinajstić information content (AvgIpc) is 2.68. The molecule has 18 heavy (non-hydrogen) atoms. The van der Waals surface area contributed by atoms with Gasteiger partial charge in [-0.3, -0.25) is 4.79 Å². The minimum atomic E-state index is 0.00608. The third-order valence-corrected chi connectivity index (χ3v) is 4.55. The maximum absolute atomic E-state index is 11.9. The van der Waals surface area contributed by atoms with Crippen molar-refractivity contribution in [3.8, 4) is 0 Å². The summed E-state index contributed by atoms with van der Waals surface area (Å²) in [7, 11) is 0. The van der Waals surface area contributed by atoms with Gasteiger partial charge in [-0.1, -0.05) is 6.92 Å². The molecule has 0 saturated carbocycles. The Balaban J connectivity index is 2.14. The number of nitrogens with zero attached hydrogens (tertiary/aromatic N) is 1. The zero-order valence-electron chi connectivity index (χ0n) is 10.1. The molecule has 0 saturated heterocycles. The third kappa shape index (κ3) is 3.18. The summed E-state index contributed by atoms with van der Waals surface area (Å²) in [5.74, 6) is 0.877. The largest absolute Gasteiger partial charge is 0.326 e. The van der Waals surface area contributed by atoms with Crippen LogP contribution in [-0.4, -0.2) is 22.9 Å². The molecule has 96 valence electrons. The molecule has 1 amide bonds. The number of rotatable bonds is 4. The molecule has 0 aliphatic carbocycles. The molecule has 0 aliphatic heterocycles. The number of carbonyl (C=O) groups excluding carboxylic acids is 1. The second kappa shape index (κ2) is 5.95. The zero-order valence-corrected chi connectivity index (χ0v) is 12.7. The molecule has 0 bridgehead atoms. The minimum absolute atomic E-state index is 0.00608. The summed E-state index contributed by atoms with van der Waals surface area (Å²) in [4.78, 5) is 16.2. The van der Waals surface area contributed by atoms with Crippen LogP contribution in [0.5, 0.6) is 0 Å². The van der Waals surface area contributed by atoms with Crippen molar-refractivity contribution in [3.63, 3.8) is 0 Å². The van der Waals surface area contributed by atoms with Crippen LogP contribution >= 0.6 is 35.7 Å². The van der Waals surface area contributed by atoms with E-state index >= 15 is 0 Å². The number of hydrogen-bond acceptors (Lipinski definition) is 5. The third-order valence-electron chi connectivity index (χ3n) is 2.51. The first-order valence-electron chi connectivity index (χ1n) is 5.49. The Labute approximate surface area is 120 Å². The smallest absolute Gasteiger partial charge is 0.228 e. The maximum atomic E-state index is 11.9. The first-order chi connectivity index (χ1) is 8.60. The van der Waals surface area contributed by atoms with Crippen LogP contribution in [0.25, 0.3) is 10.2 Å². The second-order valence-electron chi connectivity index (χ2n) is 4.02. The summed E-state index contributed by atoms with van der Waals surface area (Å²) in [5, 5.41) is 2.92. The van der Waals surface area contributed by atoms with Crippen LogP contribution in [0.3, 0.4) is 0 Å². The average molecular weight is 298 g/mol. The Morgan fingerprint density at radius 2 is 2.39 bits per heavy atom. The van der Waals surface area contributed by atoms with Gasteiger partial charge in [0.25, 0.3) is 0 Å². The van der Waals surface area contributed by atoms with Crippen molar-refractivity contribution >= 4 is 57.5 Å². The Morgan fingerprint density at radius 1 is 1.61 bits per heavy atom. The summed E-state index contributed by atoms with van der Waals surface area (Å²) < 4.78 is 1.82. The van der Waals surface area contributed by atoms with Gasteiger partial charge in [-0.2, -0.15) is 11.8 Å². The van der Waals surface area contributed by atoms with Gasteiger partial charge in [0, 0.05) is 17.4 Å². The van der Waals surface area contributed by atoms with Gasteiger partial charge < -0.3 is 5.32 Å². The highest BCUT2D eigenvalue weighted by atomic mass is 32.2. The lowest BCUT2D eigenvalue weighted by Gasteiger charge is -2.10. The Bertz CT molecular complexity index is 567. The van der Waals surface area contributed by atoms with E-state index in [0.29, 0.717) is 0 Å². The molecule has 2 rings (SSSR count). The molecule has 6 heteroatoms. The number of amides is 1. The van der Waals surface area contributed by atoms with Crippen LogP contribution in [0.2, 0.25) is 0 Å². The molecule has 1 atom stereocenters. The fourth-order valence-corrected chi connectivity index (χ4v) is 3.32.